The number of benzene rings is 2. The molecular weight excluding hydrogens is 408 g/mol. The largest absolute Gasteiger partial charge is 0.503 e. The van der Waals surface area contributed by atoms with Crippen molar-refractivity contribution in [3.05, 3.63) is 56.6 Å². The number of anilines is 1. The van der Waals surface area contributed by atoms with Gasteiger partial charge in [0.15, 0.2) is 11.5 Å². The molecule has 0 heterocycles. The van der Waals surface area contributed by atoms with Crippen molar-refractivity contribution in [3.8, 4) is 17.6 Å². The SMILES string of the molecule is CCOc1cc(/C=C(/C#N)C(=O)Nc2c(C)cc(C)cc2C)cc(Br)c1O. The predicted octanol–water partition coefficient (Wildman–Crippen LogP) is 5.02. The zero-order chi connectivity index (χ0) is 20.1. The number of aryl methyl sites for hydroxylation is 3. The van der Waals surface area contributed by atoms with Crippen molar-refractivity contribution < 1.29 is 14.6 Å². The fourth-order valence-electron chi connectivity index (χ4n) is 2.82. The number of aromatic hydroxyl groups is 1. The lowest BCUT2D eigenvalue weighted by Gasteiger charge is -2.13. The molecule has 2 N–H and O–H groups in total. The first-order valence-electron chi connectivity index (χ1n) is 8.43. The van der Waals surface area contributed by atoms with Gasteiger partial charge < -0.3 is 15.2 Å². The van der Waals surface area contributed by atoms with Crippen LogP contribution in [0.25, 0.3) is 6.08 Å². The van der Waals surface area contributed by atoms with Crippen molar-refractivity contribution in [2.75, 3.05) is 11.9 Å². The van der Waals surface area contributed by atoms with Crippen molar-refractivity contribution in [2.24, 2.45) is 0 Å². The van der Waals surface area contributed by atoms with E-state index in [-0.39, 0.29) is 17.1 Å². The van der Waals surface area contributed by atoms with Crippen LogP contribution in [0.15, 0.2) is 34.3 Å². The van der Waals surface area contributed by atoms with Crippen molar-refractivity contribution in [2.45, 2.75) is 27.7 Å². The third-order valence-electron chi connectivity index (χ3n) is 3.94. The van der Waals surface area contributed by atoms with Gasteiger partial charge in [0.05, 0.1) is 11.1 Å². The van der Waals surface area contributed by atoms with Crippen LogP contribution in [-0.4, -0.2) is 17.6 Å². The predicted molar refractivity (Wildman–Crippen MR) is 110 cm³/mol. The van der Waals surface area contributed by atoms with Gasteiger partial charge >= 0.3 is 0 Å². The average molecular weight is 429 g/mol. The maximum absolute atomic E-state index is 12.6. The first-order chi connectivity index (χ1) is 12.8. The second kappa shape index (κ2) is 8.74. The number of nitrogens with zero attached hydrogens (tertiary/aromatic N) is 1. The Morgan fingerprint density at radius 1 is 1.26 bits per heavy atom. The van der Waals surface area contributed by atoms with E-state index in [4.69, 9.17) is 4.74 Å². The highest BCUT2D eigenvalue weighted by molar-refractivity contribution is 9.10. The van der Waals surface area contributed by atoms with Crippen molar-refractivity contribution in [1.82, 2.24) is 0 Å². The summed E-state index contributed by atoms with van der Waals surface area (Å²) in [6, 6.07) is 9.08. The van der Waals surface area contributed by atoms with Crippen LogP contribution in [0.3, 0.4) is 0 Å². The number of nitrogens with one attached hydrogen (secondary N) is 1. The molecule has 0 saturated heterocycles. The van der Waals surface area contributed by atoms with E-state index in [1.807, 2.05) is 39.0 Å². The second-order valence-corrected chi connectivity index (χ2v) is 7.03. The molecule has 0 aliphatic carbocycles. The minimum atomic E-state index is -0.491. The highest BCUT2D eigenvalue weighted by Gasteiger charge is 2.14. The third kappa shape index (κ3) is 4.89. The van der Waals surface area contributed by atoms with E-state index in [2.05, 4.69) is 21.2 Å². The highest BCUT2D eigenvalue weighted by Crippen LogP contribution is 2.36. The maximum atomic E-state index is 12.6. The van der Waals surface area contributed by atoms with Crippen molar-refractivity contribution >= 4 is 33.6 Å². The molecule has 6 heteroatoms. The van der Waals surface area contributed by atoms with Crippen LogP contribution >= 0.6 is 15.9 Å². The summed E-state index contributed by atoms with van der Waals surface area (Å²) >= 11 is 3.25. The topological polar surface area (TPSA) is 82.3 Å². The molecule has 0 aliphatic heterocycles. The van der Waals surface area contributed by atoms with Crippen LogP contribution in [-0.2, 0) is 4.79 Å². The van der Waals surface area contributed by atoms with Crippen LogP contribution < -0.4 is 10.1 Å². The van der Waals surface area contributed by atoms with Crippen LogP contribution in [0.1, 0.15) is 29.2 Å². The Balaban J connectivity index is 2.37. The number of carbonyl (C=O) groups excluding carboxylic acids is 1. The van der Waals surface area contributed by atoms with Crippen LogP contribution in [0.4, 0.5) is 5.69 Å². The Bertz CT molecular complexity index is 936. The molecule has 2 aromatic carbocycles. The van der Waals surface area contributed by atoms with E-state index in [1.54, 1.807) is 19.1 Å². The van der Waals surface area contributed by atoms with Gasteiger partial charge in [-0.2, -0.15) is 5.26 Å². The van der Waals surface area contributed by atoms with Gasteiger partial charge in [-0.25, -0.2) is 0 Å². The summed E-state index contributed by atoms with van der Waals surface area (Å²) in [6.07, 6.45) is 1.46. The molecule has 0 fully saturated rings. The number of phenols is 1. The number of hydrogen-bond donors (Lipinski definition) is 2. The zero-order valence-electron chi connectivity index (χ0n) is 15.7. The van der Waals surface area contributed by atoms with Crippen LogP contribution in [0, 0.1) is 32.1 Å². The van der Waals surface area contributed by atoms with Gasteiger partial charge in [0, 0.05) is 5.69 Å². The number of halogens is 1. The number of rotatable bonds is 5. The third-order valence-corrected chi connectivity index (χ3v) is 4.55. The molecule has 0 aromatic heterocycles. The van der Waals surface area contributed by atoms with E-state index in [0.29, 0.717) is 22.3 Å². The van der Waals surface area contributed by atoms with E-state index < -0.39 is 5.91 Å². The van der Waals surface area contributed by atoms with Crippen LogP contribution in [0.5, 0.6) is 11.5 Å². The minimum absolute atomic E-state index is 0.0251. The summed E-state index contributed by atoms with van der Waals surface area (Å²) in [5.41, 5.74) is 4.19. The van der Waals surface area contributed by atoms with Gasteiger partial charge in [-0.1, -0.05) is 17.7 Å². The Morgan fingerprint density at radius 2 is 1.89 bits per heavy atom. The van der Waals surface area contributed by atoms with Gasteiger partial charge in [0.2, 0.25) is 0 Å². The van der Waals surface area contributed by atoms with E-state index in [0.717, 1.165) is 16.7 Å². The summed E-state index contributed by atoms with van der Waals surface area (Å²) in [6.45, 7) is 8.00. The number of amides is 1. The summed E-state index contributed by atoms with van der Waals surface area (Å²) in [4.78, 5) is 12.6. The molecule has 2 rings (SSSR count). The van der Waals surface area contributed by atoms with Crippen molar-refractivity contribution in [1.29, 1.82) is 5.26 Å². The Hall–Kier alpha value is -2.78. The summed E-state index contributed by atoms with van der Waals surface area (Å²) in [5, 5.41) is 22.3. The highest BCUT2D eigenvalue weighted by atomic mass is 79.9. The summed E-state index contributed by atoms with van der Waals surface area (Å²) in [7, 11) is 0. The number of hydrogen-bond acceptors (Lipinski definition) is 4. The van der Waals surface area contributed by atoms with E-state index in [1.165, 1.54) is 6.08 Å². The first-order valence-corrected chi connectivity index (χ1v) is 9.22. The molecule has 0 unspecified atom stereocenters. The monoisotopic (exact) mass is 428 g/mol. The molecule has 0 aliphatic rings. The molecule has 0 bridgehead atoms. The smallest absolute Gasteiger partial charge is 0.266 e. The number of phenolic OH excluding ortho intramolecular Hbond substituents is 1. The maximum Gasteiger partial charge on any atom is 0.266 e. The van der Waals surface area contributed by atoms with E-state index >= 15 is 0 Å². The van der Waals surface area contributed by atoms with Gasteiger partial charge in [0.25, 0.3) is 5.91 Å². The molecule has 0 radical (unpaired) electrons. The average Bonchev–Trinajstić information content (AvgIpc) is 2.60. The molecule has 27 heavy (non-hydrogen) atoms. The summed E-state index contributed by atoms with van der Waals surface area (Å²) in [5.74, 6) is -0.237. The van der Waals surface area contributed by atoms with Gasteiger partial charge in [-0.15, -0.1) is 0 Å². The molecule has 2 aromatic rings. The second-order valence-electron chi connectivity index (χ2n) is 6.18. The number of carbonyl (C=O) groups is 1. The molecule has 1 amide bonds. The molecule has 0 spiro atoms. The lowest BCUT2D eigenvalue weighted by atomic mass is 10.0. The number of ether oxygens (including phenoxy) is 1. The zero-order valence-corrected chi connectivity index (χ0v) is 17.3. The molecule has 140 valence electrons. The normalized spacial score (nSPS) is 11.0. The van der Waals surface area contributed by atoms with Crippen LogP contribution in [0.2, 0.25) is 0 Å². The lowest BCUT2D eigenvalue weighted by Crippen LogP contribution is -2.15. The quantitative estimate of drug-likeness (QED) is 0.516. The molecule has 5 nitrogen and oxygen atoms in total. The Morgan fingerprint density at radius 3 is 2.44 bits per heavy atom. The first kappa shape index (κ1) is 20.5. The minimum Gasteiger partial charge on any atom is -0.503 e. The fourth-order valence-corrected chi connectivity index (χ4v) is 3.28. The molecular formula is C21H21BrN2O3. The summed E-state index contributed by atoms with van der Waals surface area (Å²) < 4.78 is 5.80. The van der Waals surface area contributed by atoms with Crippen molar-refractivity contribution in [3.63, 3.8) is 0 Å². The lowest BCUT2D eigenvalue weighted by molar-refractivity contribution is -0.112. The molecule has 0 saturated carbocycles. The van der Waals surface area contributed by atoms with Gasteiger partial charge in [0.1, 0.15) is 11.6 Å². The number of nitriles is 1. The van der Waals surface area contributed by atoms with Gasteiger partial charge in [-0.05, 0) is 78.5 Å². The Kier molecular flexibility index (Phi) is 6.65. The Labute approximate surface area is 167 Å². The fraction of sp³-hybridized carbons (Fsp3) is 0.238. The standard InChI is InChI=1S/C21H21BrN2O3/c1-5-27-18-10-15(9-17(22)20(18)25)8-16(11-23)21(26)24-19-13(3)6-12(2)7-14(19)4/h6-10,25H,5H2,1-4H3,(H,24,26)/b16-8-. The molecule has 0 atom stereocenters. The van der Waals surface area contributed by atoms with E-state index in [9.17, 15) is 15.2 Å². The van der Waals surface area contributed by atoms with Gasteiger partial charge in [-0.3, -0.25) is 4.79 Å².